The lowest BCUT2D eigenvalue weighted by Crippen LogP contribution is -2.37. The van der Waals surface area contributed by atoms with E-state index < -0.39 is 24.0 Å². The Hall–Kier alpha value is -7.22. The van der Waals surface area contributed by atoms with E-state index in [2.05, 4.69) is 32.7 Å². The van der Waals surface area contributed by atoms with E-state index in [1.54, 1.807) is 48.8 Å². The van der Waals surface area contributed by atoms with Gasteiger partial charge in [-0.25, -0.2) is 0 Å². The third kappa shape index (κ3) is 13.7. The summed E-state index contributed by atoms with van der Waals surface area (Å²) in [5.41, 5.74) is 6.83. The minimum Gasteiger partial charge on any atom is -0.489 e. The molecule has 17 nitrogen and oxygen atoms in total. The first-order chi connectivity index (χ1) is 33.3. The van der Waals surface area contributed by atoms with Crippen LogP contribution in [0.15, 0.2) is 90.1 Å². The number of hydrogen-bond acceptors (Lipinski definition) is 15. The highest BCUT2D eigenvalue weighted by Gasteiger charge is 2.22. The van der Waals surface area contributed by atoms with Crippen LogP contribution in [-0.2, 0) is 49.1 Å². The summed E-state index contributed by atoms with van der Waals surface area (Å²) in [6.45, 7) is 3.46. The van der Waals surface area contributed by atoms with E-state index in [4.69, 9.17) is 46.6 Å². The van der Waals surface area contributed by atoms with Crippen LogP contribution in [0, 0.1) is 36.5 Å². The highest BCUT2D eigenvalue weighted by atomic mass is 35.5. The second-order valence-electron chi connectivity index (χ2n) is 15.7. The van der Waals surface area contributed by atoms with Crippen LogP contribution in [0.3, 0.4) is 0 Å². The number of nitriles is 2. The summed E-state index contributed by atoms with van der Waals surface area (Å²) < 4.78 is 31.0. The Morgan fingerprint density at radius 1 is 0.652 bits per heavy atom. The highest BCUT2D eigenvalue weighted by Crippen LogP contribution is 2.38. The average molecular weight is 980 g/mol. The normalized spacial score (nSPS) is 11.8. The van der Waals surface area contributed by atoms with Crippen LogP contribution in [0.2, 0.25) is 10.0 Å². The maximum Gasteiger partial charge on any atom is 0.320 e. The zero-order chi connectivity index (χ0) is 49.5. The number of aliphatic hydroxyl groups excluding tert-OH is 2. The molecule has 0 aliphatic carbocycles. The summed E-state index contributed by atoms with van der Waals surface area (Å²) in [6, 6.07) is 17.7. The number of halogens is 2. The molecule has 3 aromatic carbocycles. The van der Waals surface area contributed by atoms with Crippen molar-refractivity contribution in [2.75, 3.05) is 13.2 Å². The Balaban J connectivity index is 1.19. The number of aliphatic hydroxyl groups is 2. The summed E-state index contributed by atoms with van der Waals surface area (Å²) >= 11 is 13.5. The Labute approximate surface area is 407 Å². The summed E-state index contributed by atoms with van der Waals surface area (Å²) in [7, 11) is 0. The number of aromatic nitrogens is 2. The maximum atomic E-state index is 11.8. The summed E-state index contributed by atoms with van der Waals surface area (Å²) in [5.74, 6) is -0.178. The van der Waals surface area contributed by atoms with Gasteiger partial charge in [-0.15, -0.1) is 0 Å². The van der Waals surface area contributed by atoms with Gasteiger partial charge in [0, 0.05) is 101 Å². The molecule has 6 N–H and O–H groups in total. The van der Waals surface area contributed by atoms with Crippen molar-refractivity contribution < 1.29 is 53.4 Å². The van der Waals surface area contributed by atoms with Crippen LogP contribution in [0.5, 0.6) is 23.0 Å². The Bertz CT molecular complexity index is 2860. The zero-order valence-corrected chi connectivity index (χ0v) is 39.0. The monoisotopic (exact) mass is 978 g/mol. The molecule has 358 valence electrons. The molecular weight excluding hydrogens is 931 g/mol. The van der Waals surface area contributed by atoms with Crippen molar-refractivity contribution in [2.45, 2.75) is 78.3 Å². The minimum atomic E-state index is -1.12. The standard InChI is InChI=1S/C50H48Cl2N6O11/c1-29-35(26-67-46-15-45(66-25-34-11-32(17-54)19-56-21-34)37(13-41(46)52)23-58-43(7-9-60)50(63)64)4-3-5-39(29)48-30(2)47(28-69-48)68-27-38-14-44(65-24-33-10-31(16-53)18-55-20-33)36(12-40(38)51)22-57-42(6-8-59)49(61)62/h3-5,10-15,18-21,28,42-43,57-60H,6-9,22-27H2,1-2H3,(H,61,62)(H,63,64). The third-order valence-electron chi connectivity index (χ3n) is 10.9. The van der Waals surface area contributed by atoms with E-state index in [-0.39, 0.29) is 70.6 Å². The number of rotatable bonds is 25. The largest absolute Gasteiger partial charge is 0.489 e. The first-order valence-corrected chi connectivity index (χ1v) is 22.2. The molecule has 0 amide bonds. The van der Waals surface area contributed by atoms with Crippen LogP contribution >= 0.6 is 23.2 Å². The van der Waals surface area contributed by atoms with E-state index in [9.17, 15) is 40.5 Å². The molecule has 0 bridgehead atoms. The smallest absolute Gasteiger partial charge is 0.320 e. The molecule has 6 rings (SSSR count). The van der Waals surface area contributed by atoms with Gasteiger partial charge >= 0.3 is 11.9 Å². The molecular formula is C50H48Cl2N6O11. The van der Waals surface area contributed by atoms with Gasteiger partial charge in [-0.05, 0) is 68.1 Å². The molecule has 0 saturated heterocycles. The van der Waals surface area contributed by atoms with Gasteiger partial charge in [0.2, 0.25) is 0 Å². The predicted molar refractivity (Wildman–Crippen MR) is 252 cm³/mol. The Kier molecular flexibility index (Phi) is 18.3. The maximum absolute atomic E-state index is 11.8. The fourth-order valence-electron chi connectivity index (χ4n) is 7.11. The van der Waals surface area contributed by atoms with E-state index >= 15 is 0 Å². The highest BCUT2D eigenvalue weighted by molar-refractivity contribution is 6.32. The lowest BCUT2D eigenvalue weighted by molar-refractivity contribution is -0.140. The molecule has 3 aromatic heterocycles. The van der Waals surface area contributed by atoms with Crippen molar-refractivity contribution in [3.63, 3.8) is 0 Å². The molecule has 0 spiro atoms. The number of furan rings is 1. The van der Waals surface area contributed by atoms with E-state index in [0.29, 0.717) is 78.3 Å². The van der Waals surface area contributed by atoms with Gasteiger partial charge in [-0.2, -0.15) is 10.5 Å². The average Bonchev–Trinajstić information content (AvgIpc) is 3.71. The van der Waals surface area contributed by atoms with Crippen molar-refractivity contribution in [3.8, 4) is 46.5 Å². The number of carboxylic acid groups (broad SMARTS) is 2. The van der Waals surface area contributed by atoms with Gasteiger partial charge in [-0.3, -0.25) is 19.6 Å². The van der Waals surface area contributed by atoms with Crippen LogP contribution in [0.4, 0.5) is 0 Å². The van der Waals surface area contributed by atoms with Gasteiger partial charge in [0.15, 0.2) is 5.75 Å². The van der Waals surface area contributed by atoms with E-state index in [1.165, 1.54) is 18.7 Å². The summed E-state index contributed by atoms with van der Waals surface area (Å²) in [5, 5.41) is 63.1. The molecule has 2 unspecified atom stereocenters. The Morgan fingerprint density at radius 3 is 1.72 bits per heavy atom. The molecule has 0 fully saturated rings. The van der Waals surface area contributed by atoms with E-state index in [1.807, 2.05) is 32.0 Å². The molecule has 0 saturated carbocycles. The number of carbonyl (C=O) groups is 2. The van der Waals surface area contributed by atoms with Crippen LogP contribution in [-0.4, -0.2) is 67.6 Å². The van der Waals surface area contributed by atoms with E-state index in [0.717, 1.165) is 16.7 Å². The number of nitrogens with one attached hydrogen (secondary N) is 2. The van der Waals surface area contributed by atoms with Crippen LogP contribution in [0.1, 0.15) is 68.5 Å². The predicted octanol–water partition coefficient (Wildman–Crippen LogP) is 7.57. The molecule has 3 heterocycles. The lowest BCUT2D eigenvalue weighted by atomic mass is 9.99. The number of pyridine rings is 2. The minimum absolute atomic E-state index is 0.00427. The van der Waals surface area contributed by atoms with Crippen LogP contribution in [0.25, 0.3) is 11.3 Å². The first kappa shape index (κ1) is 51.2. The van der Waals surface area contributed by atoms with Gasteiger partial charge in [0.25, 0.3) is 0 Å². The number of ether oxygens (including phenoxy) is 4. The molecule has 6 aromatic rings. The Morgan fingerprint density at radius 2 is 1.17 bits per heavy atom. The molecule has 0 aliphatic heterocycles. The molecule has 0 aliphatic rings. The van der Waals surface area contributed by atoms with Crippen LogP contribution < -0.4 is 29.6 Å². The van der Waals surface area contributed by atoms with Crippen molar-refractivity contribution in [3.05, 3.63) is 151 Å². The topological polar surface area (TPSA) is 263 Å². The van der Waals surface area contributed by atoms with Crippen molar-refractivity contribution >= 4 is 35.1 Å². The molecule has 2 atom stereocenters. The number of benzene rings is 3. The first-order valence-electron chi connectivity index (χ1n) is 21.5. The second-order valence-corrected chi connectivity index (χ2v) is 16.5. The number of hydrogen-bond donors (Lipinski definition) is 6. The SMILES string of the molecule is Cc1c(COc2cc(OCc3cncc(C#N)c3)c(CNC(CCO)C(=O)O)cc2Cl)cccc1-c1occ(OCc2cc(OCc3cncc(C#N)c3)c(CNC(CCO)C(=O)O)cc2Cl)c1C. The number of nitrogens with zero attached hydrogens (tertiary/aromatic N) is 4. The fourth-order valence-corrected chi connectivity index (χ4v) is 7.59. The van der Waals surface area contributed by atoms with Crippen molar-refractivity contribution in [2.24, 2.45) is 0 Å². The zero-order valence-electron chi connectivity index (χ0n) is 37.5. The molecule has 69 heavy (non-hydrogen) atoms. The van der Waals surface area contributed by atoms with Gasteiger partial charge in [-0.1, -0.05) is 41.4 Å². The molecule has 0 radical (unpaired) electrons. The second kappa shape index (κ2) is 24.7. The quantitative estimate of drug-likeness (QED) is 0.0323. The third-order valence-corrected chi connectivity index (χ3v) is 11.6. The number of aliphatic carboxylic acids is 2. The summed E-state index contributed by atoms with van der Waals surface area (Å²) in [6.07, 6.45) is 7.52. The lowest BCUT2D eigenvalue weighted by Gasteiger charge is -2.19. The van der Waals surface area contributed by atoms with Gasteiger partial charge < -0.3 is 54.4 Å². The summed E-state index contributed by atoms with van der Waals surface area (Å²) in [4.78, 5) is 31.7. The molecule has 19 heteroatoms. The van der Waals surface area contributed by atoms with Gasteiger partial charge in [0.1, 0.15) is 79.9 Å². The van der Waals surface area contributed by atoms with Crippen molar-refractivity contribution in [1.29, 1.82) is 10.5 Å². The van der Waals surface area contributed by atoms with Gasteiger partial charge in [0.05, 0.1) is 16.1 Å². The fraction of sp³-hybridized carbons (Fsp3) is 0.280. The number of carboxylic acids is 2. The van der Waals surface area contributed by atoms with Crippen molar-refractivity contribution in [1.82, 2.24) is 20.6 Å².